The van der Waals surface area contributed by atoms with E-state index < -0.39 is 25.3 Å². The van der Waals surface area contributed by atoms with Gasteiger partial charge in [-0.2, -0.15) is 0 Å². The number of ether oxygens (including phenoxy) is 2. The number of nitrogens with zero attached hydrogens (tertiary/aromatic N) is 1. The van der Waals surface area contributed by atoms with Crippen LogP contribution in [0.25, 0.3) is 0 Å². The number of hydrogen-bond donors (Lipinski definition) is 2. The molecule has 2 rings (SSSR count). The SMILES string of the molecule is C=C1NC(=O)C=CN1[C@@H]1OC(CCP(=C)(C)C)[C@@H](O)[C@H]1OC. The molecule has 0 radical (unpaired) electrons. The van der Waals surface area contributed by atoms with E-state index in [4.69, 9.17) is 9.47 Å². The van der Waals surface area contributed by atoms with E-state index in [1.165, 1.54) is 6.08 Å². The minimum Gasteiger partial charge on any atom is -0.388 e. The van der Waals surface area contributed by atoms with Gasteiger partial charge in [-0.1, -0.05) is 6.58 Å². The summed E-state index contributed by atoms with van der Waals surface area (Å²) < 4.78 is 11.4. The highest BCUT2D eigenvalue weighted by Crippen LogP contribution is 2.39. The third kappa shape index (κ3) is 3.82. The van der Waals surface area contributed by atoms with Crippen LogP contribution in [-0.4, -0.2) is 73.4 Å². The summed E-state index contributed by atoms with van der Waals surface area (Å²) in [4.78, 5) is 13.0. The molecule has 1 fully saturated rings. The minimum atomic E-state index is -1.18. The third-order valence-electron chi connectivity index (χ3n) is 3.84. The normalized spacial score (nSPS) is 32.5. The molecule has 1 unspecified atom stereocenters. The van der Waals surface area contributed by atoms with E-state index in [1.54, 1.807) is 18.2 Å². The molecule has 0 spiro atoms. The molecule has 2 heterocycles. The second kappa shape index (κ2) is 6.59. The fourth-order valence-electron chi connectivity index (χ4n) is 2.64. The van der Waals surface area contributed by atoms with Crippen molar-refractivity contribution in [1.29, 1.82) is 0 Å². The van der Waals surface area contributed by atoms with Gasteiger partial charge in [0.2, 0.25) is 0 Å². The van der Waals surface area contributed by atoms with Crippen molar-refractivity contribution < 1.29 is 19.4 Å². The first-order valence-electron chi connectivity index (χ1n) is 7.23. The van der Waals surface area contributed by atoms with Crippen molar-refractivity contribution in [3.8, 4) is 0 Å². The summed E-state index contributed by atoms with van der Waals surface area (Å²) in [5.74, 6) is 0.186. The maximum Gasteiger partial charge on any atom is 0.250 e. The maximum atomic E-state index is 11.3. The fraction of sp³-hybridized carbons (Fsp3) is 0.600. The van der Waals surface area contributed by atoms with Gasteiger partial charge in [0.05, 0.1) is 6.10 Å². The lowest BCUT2D eigenvalue weighted by Gasteiger charge is -2.33. The van der Waals surface area contributed by atoms with Crippen molar-refractivity contribution in [1.82, 2.24) is 10.2 Å². The Balaban J connectivity index is 2.11. The van der Waals surface area contributed by atoms with E-state index in [-0.39, 0.29) is 12.0 Å². The van der Waals surface area contributed by atoms with Crippen LogP contribution in [0.1, 0.15) is 6.42 Å². The number of hydrogen-bond acceptors (Lipinski definition) is 5. The molecule has 22 heavy (non-hydrogen) atoms. The van der Waals surface area contributed by atoms with Crippen LogP contribution in [0.3, 0.4) is 0 Å². The zero-order chi connectivity index (χ0) is 16.5. The Labute approximate surface area is 131 Å². The van der Waals surface area contributed by atoms with E-state index >= 15 is 0 Å². The maximum absolute atomic E-state index is 11.3. The van der Waals surface area contributed by atoms with Gasteiger partial charge in [-0.15, -0.1) is 13.2 Å². The first kappa shape index (κ1) is 17.3. The monoisotopic (exact) mass is 328 g/mol. The lowest BCUT2D eigenvalue weighted by Crippen LogP contribution is -2.47. The Hall–Kier alpha value is -1.07. The van der Waals surface area contributed by atoms with Gasteiger partial charge in [0.15, 0.2) is 6.23 Å². The highest BCUT2D eigenvalue weighted by molar-refractivity contribution is 7.72. The summed E-state index contributed by atoms with van der Waals surface area (Å²) in [7, 11) is 1.54. The average molecular weight is 328 g/mol. The van der Waals surface area contributed by atoms with Crippen LogP contribution in [-0.2, 0) is 14.3 Å². The van der Waals surface area contributed by atoms with Crippen molar-refractivity contribution in [2.45, 2.75) is 31.0 Å². The molecule has 0 aromatic carbocycles. The summed E-state index contributed by atoms with van der Waals surface area (Å²) in [5, 5.41) is 13.1. The van der Waals surface area contributed by atoms with Crippen LogP contribution in [0.5, 0.6) is 0 Å². The number of amides is 1. The highest BCUT2D eigenvalue weighted by Gasteiger charge is 2.47. The van der Waals surface area contributed by atoms with E-state index in [1.807, 2.05) is 0 Å². The van der Waals surface area contributed by atoms with Gasteiger partial charge in [-0.05, 0) is 25.9 Å². The summed E-state index contributed by atoms with van der Waals surface area (Å²) in [6, 6.07) is 0. The van der Waals surface area contributed by atoms with Gasteiger partial charge in [-0.25, -0.2) is 0 Å². The van der Waals surface area contributed by atoms with E-state index in [2.05, 4.69) is 31.5 Å². The molecule has 0 saturated carbocycles. The Morgan fingerprint density at radius 3 is 2.77 bits per heavy atom. The number of aliphatic hydroxyl groups excluding tert-OH is 1. The molecular weight excluding hydrogens is 303 g/mol. The molecular formula is C15H25N2O4P. The molecule has 1 amide bonds. The standard InChI is InChI=1S/C15H25N2O4P/c1-10-16-12(18)6-8-17(10)15-14(20-2)13(19)11(21-15)7-9-22(3,4)5/h6,8,11,13-15,19H,1,3,7,9H2,2,4-5H3,(H,16,18)/t11?,13-,14-,15-/m1/s1. The minimum absolute atomic E-state index is 0.228. The molecule has 124 valence electrons. The van der Waals surface area contributed by atoms with Crippen molar-refractivity contribution >= 4 is 19.1 Å². The van der Waals surface area contributed by atoms with Crippen molar-refractivity contribution in [3.05, 3.63) is 24.7 Å². The highest BCUT2D eigenvalue weighted by atomic mass is 31.2. The molecule has 0 aliphatic carbocycles. The van der Waals surface area contributed by atoms with Crippen molar-refractivity contribution in [3.63, 3.8) is 0 Å². The van der Waals surface area contributed by atoms with E-state index in [0.717, 1.165) is 12.6 Å². The van der Waals surface area contributed by atoms with Gasteiger partial charge in [-0.3, -0.25) is 4.79 Å². The average Bonchev–Trinajstić information content (AvgIpc) is 2.72. The molecule has 0 aromatic rings. The summed E-state index contributed by atoms with van der Waals surface area (Å²) in [6.07, 6.45) is 6.80. The second-order valence-electron chi connectivity index (χ2n) is 6.36. The Morgan fingerprint density at radius 2 is 2.23 bits per heavy atom. The summed E-state index contributed by atoms with van der Waals surface area (Å²) >= 11 is 0. The van der Waals surface area contributed by atoms with Crippen LogP contribution in [0.15, 0.2) is 24.7 Å². The van der Waals surface area contributed by atoms with Crippen LogP contribution >= 0.6 is 6.89 Å². The molecule has 0 bridgehead atoms. The van der Waals surface area contributed by atoms with Crippen LogP contribution in [0.2, 0.25) is 0 Å². The predicted molar refractivity (Wildman–Crippen MR) is 89.1 cm³/mol. The zero-order valence-corrected chi connectivity index (χ0v) is 14.3. The molecule has 4 atom stereocenters. The van der Waals surface area contributed by atoms with Gasteiger partial charge in [0.1, 0.15) is 18.0 Å². The quantitative estimate of drug-likeness (QED) is 0.724. The number of rotatable bonds is 5. The Kier molecular flexibility index (Phi) is 5.17. The lowest BCUT2D eigenvalue weighted by molar-refractivity contribution is -0.118. The van der Waals surface area contributed by atoms with Crippen molar-refractivity contribution in [2.75, 3.05) is 26.6 Å². The summed E-state index contributed by atoms with van der Waals surface area (Å²) in [6.45, 7) is 6.95. The van der Waals surface area contributed by atoms with Crippen LogP contribution in [0, 0.1) is 0 Å². The van der Waals surface area contributed by atoms with Gasteiger partial charge >= 0.3 is 0 Å². The molecule has 2 N–H and O–H groups in total. The van der Waals surface area contributed by atoms with Crippen LogP contribution < -0.4 is 5.32 Å². The van der Waals surface area contributed by atoms with Gasteiger partial charge in [0.25, 0.3) is 5.91 Å². The zero-order valence-electron chi connectivity index (χ0n) is 13.4. The first-order valence-corrected chi connectivity index (χ1v) is 10.3. The van der Waals surface area contributed by atoms with Crippen molar-refractivity contribution in [2.24, 2.45) is 0 Å². The first-order chi connectivity index (χ1) is 10.2. The Bertz CT molecular complexity index is 528. The van der Waals surface area contributed by atoms with E-state index in [9.17, 15) is 9.90 Å². The number of carbonyl (C=O) groups is 1. The van der Waals surface area contributed by atoms with Gasteiger partial charge < -0.3 is 24.8 Å². The Morgan fingerprint density at radius 1 is 1.55 bits per heavy atom. The smallest absolute Gasteiger partial charge is 0.250 e. The molecule has 2 aliphatic rings. The summed E-state index contributed by atoms with van der Waals surface area (Å²) in [5.41, 5.74) is 0. The lowest BCUT2D eigenvalue weighted by atomic mass is 10.1. The number of methoxy groups -OCH3 is 1. The second-order valence-corrected chi connectivity index (χ2v) is 10.7. The predicted octanol–water partition coefficient (Wildman–Crippen LogP) is 0.603. The molecule has 6 nitrogen and oxygen atoms in total. The molecule has 1 saturated heterocycles. The topological polar surface area (TPSA) is 71.0 Å². The van der Waals surface area contributed by atoms with Crippen LogP contribution in [0.4, 0.5) is 0 Å². The number of aliphatic hydroxyl groups is 1. The fourth-order valence-corrected chi connectivity index (χ4v) is 3.59. The van der Waals surface area contributed by atoms with Gasteiger partial charge in [0, 0.05) is 19.4 Å². The third-order valence-corrected chi connectivity index (χ3v) is 5.31. The largest absolute Gasteiger partial charge is 0.388 e. The number of carbonyl (C=O) groups excluding carboxylic acids is 1. The van der Waals surface area contributed by atoms with E-state index in [0.29, 0.717) is 5.82 Å². The molecule has 2 aliphatic heterocycles. The molecule has 0 aromatic heterocycles. The molecule has 7 heteroatoms. The number of nitrogens with one attached hydrogen (secondary N) is 1.